The fourth-order valence-electron chi connectivity index (χ4n) is 3.71. The van der Waals surface area contributed by atoms with E-state index in [0.29, 0.717) is 17.3 Å². The lowest BCUT2D eigenvalue weighted by Crippen LogP contribution is -2.43. The standard InChI is InChI=1S/C14H19F3N4OS/c15-14(16,17)11-20-21-13(23-11)19-12(22)18-10-6-5-8-3-1-2-4-9(8)7-10/h8-10H,1-7H2,(H2,18,19,21,22)/t8-,9+,10+/m0/s1. The third-order valence-electron chi connectivity index (χ3n) is 4.76. The molecule has 2 amide bonds. The van der Waals surface area contributed by atoms with Crippen molar-refractivity contribution in [1.29, 1.82) is 0 Å². The Morgan fingerprint density at radius 1 is 1.09 bits per heavy atom. The molecule has 1 aromatic heterocycles. The lowest BCUT2D eigenvalue weighted by molar-refractivity contribution is -0.138. The lowest BCUT2D eigenvalue weighted by Gasteiger charge is -2.39. The van der Waals surface area contributed by atoms with Gasteiger partial charge in [0, 0.05) is 6.04 Å². The first kappa shape index (κ1) is 16.5. The quantitative estimate of drug-likeness (QED) is 0.848. The van der Waals surface area contributed by atoms with Crippen LogP contribution in [0.2, 0.25) is 0 Å². The van der Waals surface area contributed by atoms with Crippen LogP contribution in [0.3, 0.4) is 0 Å². The van der Waals surface area contributed by atoms with E-state index in [1.807, 2.05) is 0 Å². The Morgan fingerprint density at radius 3 is 2.52 bits per heavy atom. The number of aromatic nitrogens is 2. The molecule has 2 aliphatic carbocycles. The number of nitrogens with zero attached hydrogens (tertiary/aromatic N) is 2. The van der Waals surface area contributed by atoms with Gasteiger partial charge in [0.05, 0.1) is 0 Å². The predicted molar refractivity (Wildman–Crippen MR) is 80.2 cm³/mol. The summed E-state index contributed by atoms with van der Waals surface area (Å²) in [5.41, 5.74) is 0. The van der Waals surface area contributed by atoms with E-state index in [-0.39, 0.29) is 11.2 Å². The van der Waals surface area contributed by atoms with Crippen LogP contribution in [0.25, 0.3) is 0 Å². The molecule has 0 aromatic carbocycles. The number of alkyl halides is 3. The Balaban J connectivity index is 1.50. The van der Waals surface area contributed by atoms with Crippen LogP contribution in [0.4, 0.5) is 23.1 Å². The molecule has 2 fully saturated rings. The van der Waals surface area contributed by atoms with Gasteiger partial charge >= 0.3 is 12.2 Å². The number of hydrogen-bond donors (Lipinski definition) is 2. The van der Waals surface area contributed by atoms with Gasteiger partial charge < -0.3 is 5.32 Å². The van der Waals surface area contributed by atoms with Crippen LogP contribution in [-0.4, -0.2) is 22.3 Å². The van der Waals surface area contributed by atoms with E-state index < -0.39 is 17.2 Å². The smallest absolute Gasteiger partial charge is 0.335 e. The summed E-state index contributed by atoms with van der Waals surface area (Å²) >= 11 is 0.329. The molecule has 3 rings (SSSR count). The van der Waals surface area contributed by atoms with E-state index in [9.17, 15) is 18.0 Å². The maximum atomic E-state index is 12.4. The van der Waals surface area contributed by atoms with Crippen molar-refractivity contribution in [2.45, 2.75) is 57.2 Å². The molecule has 2 N–H and O–H groups in total. The Morgan fingerprint density at radius 2 is 1.83 bits per heavy atom. The molecule has 1 aromatic rings. The maximum Gasteiger partial charge on any atom is 0.445 e. The molecule has 0 unspecified atom stereocenters. The highest BCUT2D eigenvalue weighted by Gasteiger charge is 2.36. The highest BCUT2D eigenvalue weighted by Crippen LogP contribution is 2.40. The first-order valence-corrected chi connectivity index (χ1v) is 8.71. The lowest BCUT2D eigenvalue weighted by atomic mass is 9.69. The molecular formula is C14H19F3N4OS. The summed E-state index contributed by atoms with van der Waals surface area (Å²) in [6, 6.07) is -0.418. The number of urea groups is 1. The van der Waals surface area contributed by atoms with Gasteiger partial charge in [-0.25, -0.2) is 4.79 Å². The molecule has 0 spiro atoms. The van der Waals surface area contributed by atoms with Crippen molar-refractivity contribution in [3.8, 4) is 0 Å². The van der Waals surface area contributed by atoms with Gasteiger partial charge in [0.2, 0.25) is 10.1 Å². The van der Waals surface area contributed by atoms with Crippen molar-refractivity contribution in [2.75, 3.05) is 5.32 Å². The molecule has 2 aliphatic rings. The van der Waals surface area contributed by atoms with Gasteiger partial charge in [0.25, 0.3) is 0 Å². The second-order valence-corrected chi connectivity index (χ2v) is 7.30. The predicted octanol–water partition coefficient (Wildman–Crippen LogP) is 4.04. The van der Waals surface area contributed by atoms with Crippen molar-refractivity contribution in [2.24, 2.45) is 11.8 Å². The number of hydrogen-bond acceptors (Lipinski definition) is 4. The molecule has 9 heteroatoms. The van der Waals surface area contributed by atoms with Gasteiger partial charge in [0.1, 0.15) is 0 Å². The fraction of sp³-hybridized carbons (Fsp3) is 0.786. The zero-order valence-electron chi connectivity index (χ0n) is 12.5. The minimum Gasteiger partial charge on any atom is -0.335 e. The Kier molecular flexibility index (Phi) is 4.74. The number of fused-ring (bicyclic) bond motifs is 1. The van der Waals surface area contributed by atoms with E-state index in [1.165, 1.54) is 25.7 Å². The number of anilines is 1. The average Bonchev–Trinajstić information content (AvgIpc) is 2.95. The molecule has 0 saturated heterocycles. The number of nitrogens with one attached hydrogen (secondary N) is 2. The highest BCUT2D eigenvalue weighted by molar-refractivity contribution is 7.15. The van der Waals surface area contributed by atoms with E-state index in [1.54, 1.807) is 0 Å². The van der Waals surface area contributed by atoms with Gasteiger partial charge in [-0.15, -0.1) is 10.2 Å². The molecule has 0 radical (unpaired) electrons. The Bertz CT molecular complexity index is 562. The van der Waals surface area contributed by atoms with Crippen LogP contribution in [0.1, 0.15) is 50.0 Å². The minimum atomic E-state index is -4.53. The zero-order valence-corrected chi connectivity index (χ0v) is 13.3. The van der Waals surface area contributed by atoms with Gasteiger partial charge in [0.15, 0.2) is 0 Å². The van der Waals surface area contributed by atoms with Crippen molar-refractivity contribution in [3.63, 3.8) is 0 Å². The summed E-state index contributed by atoms with van der Waals surface area (Å²) in [6.07, 6.45) is 3.54. The molecule has 1 heterocycles. The van der Waals surface area contributed by atoms with Gasteiger partial charge in [-0.2, -0.15) is 13.2 Å². The van der Waals surface area contributed by atoms with E-state index in [2.05, 4.69) is 20.8 Å². The first-order valence-electron chi connectivity index (χ1n) is 7.90. The van der Waals surface area contributed by atoms with Crippen LogP contribution >= 0.6 is 11.3 Å². The molecule has 23 heavy (non-hydrogen) atoms. The number of amides is 2. The topological polar surface area (TPSA) is 66.9 Å². The highest BCUT2D eigenvalue weighted by atomic mass is 32.1. The SMILES string of the molecule is O=C(Nc1nnc(C(F)(F)F)s1)N[C@@H]1CC[C@@H]2CCCC[C@@H]2C1. The molecule has 5 nitrogen and oxygen atoms in total. The number of halogens is 3. The molecule has 2 saturated carbocycles. The Hall–Kier alpha value is -1.38. The Labute approximate surface area is 136 Å². The zero-order chi connectivity index (χ0) is 16.4. The molecular weight excluding hydrogens is 329 g/mol. The molecule has 128 valence electrons. The maximum absolute atomic E-state index is 12.4. The van der Waals surface area contributed by atoms with Crippen LogP contribution in [-0.2, 0) is 6.18 Å². The monoisotopic (exact) mass is 348 g/mol. The van der Waals surface area contributed by atoms with E-state index >= 15 is 0 Å². The summed E-state index contributed by atoms with van der Waals surface area (Å²) in [5, 5.41) is 10.4. The molecule has 3 atom stereocenters. The van der Waals surface area contributed by atoms with Crippen molar-refractivity contribution in [1.82, 2.24) is 15.5 Å². The summed E-state index contributed by atoms with van der Waals surface area (Å²) in [7, 11) is 0. The van der Waals surface area contributed by atoms with E-state index in [4.69, 9.17) is 0 Å². The van der Waals surface area contributed by atoms with E-state index in [0.717, 1.165) is 25.2 Å². The van der Waals surface area contributed by atoms with Gasteiger partial charge in [-0.3, -0.25) is 5.32 Å². The van der Waals surface area contributed by atoms with Gasteiger partial charge in [-0.1, -0.05) is 37.0 Å². The van der Waals surface area contributed by atoms with Crippen molar-refractivity contribution >= 4 is 22.5 Å². The molecule has 0 bridgehead atoms. The van der Waals surface area contributed by atoms with Crippen LogP contribution in [0, 0.1) is 11.8 Å². The summed E-state index contributed by atoms with van der Waals surface area (Å²) in [4.78, 5) is 11.9. The number of carbonyl (C=O) groups is 1. The van der Waals surface area contributed by atoms with Crippen molar-refractivity contribution in [3.05, 3.63) is 5.01 Å². The summed E-state index contributed by atoms with van der Waals surface area (Å²) < 4.78 is 37.3. The third kappa shape index (κ3) is 4.13. The summed E-state index contributed by atoms with van der Waals surface area (Å²) in [5.74, 6) is 1.45. The first-order chi connectivity index (χ1) is 10.9. The van der Waals surface area contributed by atoms with Gasteiger partial charge in [-0.05, 0) is 31.1 Å². The van der Waals surface area contributed by atoms with Crippen LogP contribution < -0.4 is 10.6 Å². The fourth-order valence-corrected chi connectivity index (χ4v) is 4.32. The summed E-state index contributed by atoms with van der Waals surface area (Å²) in [6.45, 7) is 0. The largest absolute Gasteiger partial charge is 0.445 e. The van der Waals surface area contributed by atoms with Crippen LogP contribution in [0.5, 0.6) is 0 Å². The molecule has 0 aliphatic heterocycles. The van der Waals surface area contributed by atoms with Crippen LogP contribution in [0.15, 0.2) is 0 Å². The number of carbonyl (C=O) groups excluding carboxylic acids is 1. The number of rotatable bonds is 2. The third-order valence-corrected chi connectivity index (χ3v) is 5.65. The van der Waals surface area contributed by atoms with Crippen molar-refractivity contribution < 1.29 is 18.0 Å². The second-order valence-electron chi connectivity index (χ2n) is 6.32. The normalized spacial score (nSPS) is 28.0. The minimum absolute atomic E-state index is 0.0874. The average molecular weight is 348 g/mol. The second kappa shape index (κ2) is 6.62.